The molecule has 0 saturated carbocycles. The summed E-state index contributed by atoms with van der Waals surface area (Å²) in [4.78, 5) is 8.41. The van der Waals surface area contributed by atoms with Crippen molar-refractivity contribution in [1.29, 1.82) is 0 Å². The van der Waals surface area contributed by atoms with Gasteiger partial charge in [0.25, 0.3) is 0 Å². The highest BCUT2D eigenvalue weighted by atomic mass is 32.2. The van der Waals surface area contributed by atoms with Gasteiger partial charge in [-0.1, -0.05) is 0 Å². The zero-order valence-corrected chi connectivity index (χ0v) is 17.4. The van der Waals surface area contributed by atoms with Crippen LogP contribution in [0.1, 0.15) is 18.4 Å². The summed E-state index contributed by atoms with van der Waals surface area (Å²) in [6, 6.07) is 10.3. The van der Waals surface area contributed by atoms with Gasteiger partial charge in [-0.2, -0.15) is 11.8 Å². The quantitative estimate of drug-likeness (QED) is 0.553. The van der Waals surface area contributed by atoms with Gasteiger partial charge in [-0.25, -0.2) is 18.7 Å². The minimum Gasteiger partial charge on any atom is -0.494 e. The van der Waals surface area contributed by atoms with E-state index in [1.54, 1.807) is 17.8 Å². The van der Waals surface area contributed by atoms with Gasteiger partial charge in [0.2, 0.25) is 5.95 Å². The van der Waals surface area contributed by atoms with Crippen molar-refractivity contribution in [3.63, 3.8) is 0 Å². The molecule has 30 heavy (non-hydrogen) atoms. The van der Waals surface area contributed by atoms with Crippen LogP contribution >= 0.6 is 11.8 Å². The highest BCUT2D eigenvalue weighted by molar-refractivity contribution is 7.97. The summed E-state index contributed by atoms with van der Waals surface area (Å²) in [6.45, 7) is 1.14. The summed E-state index contributed by atoms with van der Waals surface area (Å²) in [5.41, 5.74) is 2.78. The van der Waals surface area contributed by atoms with E-state index in [0.717, 1.165) is 41.8 Å². The maximum Gasteiger partial charge on any atom is 0.227 e. The third-order valence-corrected chi connectivity index (χ3v) is 5.29. The molecule has 0 unspecified atom stereocenters. The fraction of sp³-hybridized carbons (Fsp3) is 0.273. The van der Waals surface area contributed by atoms with Crippen molar-refractivity contribution in [3.8, 4) is 17.0 Å². The molecule has 0 atom stereocenters. The van der Waals surface area contributed by atoms with E-state index < -0.39 is 5.82 Å². The van der Waals surface area contributed by atoms with Gasteiger partial charge in [0.1, 0.15) is 17.3 Å². The van der Waals surface area contributed by atoms with Crippen LogP contribution in [-0.2, 0) is 5.75 Å². The number of nitrogens with zero attached hydrogens (tertiary/aromatic N) is 2. The Kier molecular flexibility index (Phi) is 6.32. The Morgan fingerprint density at radius 3 is 2.87 bits per heavy atom. The minimum absolute atomic E-state index is 0.111. The van der Waals surface area contributed by atoms with E-state index in [4.69, 9.17) is 4.74 Å². The van der Waals surface area contributed by atoms with Crippen molar-refractivity contribution in [2.45, 2.75) is 18.6 Å². The van der Waals surface area contributed by atoms with Crippen molar-refractivity contribution in [3.05, 3.63) is 59.8 Å². The molecule has 0 amide bonds. The molecular weight excluding hydrogens is 406 g/mol. The molecule has 2 heterocycles. The molecule has 0 aliphatic carbocycles. The molecule has 0 radical (unpaired) electrons. The fourth-order valence-electron chi connectivity index (χ4n) is 3.27. The Labute approximate surface area is 178 Å². The monoisotopic (exact) mass is 428 g/mol. The van der Waals surface area contributed by atoms with Crippen molar-refractivity contribution < 1.29 is 13.5 Å². The van der Waals surface area contributed by atoms with Gasteiger partial charge in [-0.05, 0) is 55.0 Å². The van der Waals surface area contributed by atoms with Gasteiger partial charge in [0.15, 0.2) is 5.82 Å². The molecule has 3 aromatic rings. The Morgan fingerprint density at radius 1 is 1.10 bits per heavy atom. The molecular formula is C22H22F2N4OS. The van der Waals surface area contributed by atoms with Crippen LogP contribution in [0, 0.1) is 11.6 Å². The number of anilines is 3. The zero-order valence-electron chi connectivity index (χ0n) is 16.5. The first-order valence-corrected chi connectivity index (χ1v) is 11.1. The van der Waals surface area contributed by atoms with E-state index in [0.29, 0.717) is 24.4 Å². The number of rotatable bonds is 2. The zero-order chi connectivity index (χ0) is 20.9. The Bertz CT molecular complexity index is 1050. The predicted octanol–water partition coefficient (Wildman–Crippen LogP) is 5.61. The number of benzene rings is 2. The number of hydrogen-bond acceptors (Lipinski definition) is 6. The normalized spacial score (nSPS) is 13.7. The van der Waals surface area contributed by atoms with Crippen molar-refractivity contribution >= 4 is 29.1 Å². The van der Waals surface area contributed by atoms with Crippen LogP contribution in [0.3, 0.4) is 0 Å². The van der Waals surface area contributed by atoms with E-state index in [1.165, 1.54) is 12.1 Å². The third kappa shape index (κ3) is 4.81. The molecule has 1 aliphatic heterocycles. The summed E-state index contributed by atoms with van der Waals surface area (Å²) in [5, 5.41) is 6.22. The molecule has 8 heteroatoms. The molecule has 5 nitrogen and oxygen atoms in total. The fourth-order valence-corrected chi connectivity index (χ4v) is 3.77. The second kappa shape index (κ2) is 9.30. The molecule has 0 saturated heterocycles. The van der Waals surface area contributed by atoms with Crippen LogP contribution < -0.4 is 15.4 Å². The first-order chi connectivity index (χ1) is 14.6. The molecule has 2 N–H and O–H groups in total. The van der Waals surface area contributed by atoms with E-state index in [9.17, 15) is 8.78 Å². The molecule has 0 fully saturated rings. The molecule has 0 spiro atoms. The average molecular weight is 429 g/mol. The standard InChI is InChI=1S/C22H22F2N4OS/c1-30-13-14-8-16-11-17(9-14)29-7-3-2-6-25-20-10-15(4-5-18(20)23)21-19(24)12-26-22(27-16)28-21/h4-5,8-12,25H,2-3,6-7,13H2,1H3,(H,26,27,28). The average Bonchev–Trinajstić information content (AvgIpc) is 2.73. The van der Waals surface area contributed by atoms with Gasteiger partial charge in [0.05, 0.1) is 18.5 Å². The predicted molar refractivity (Wildman–Crippen MR) is 118 cm³/mol. The van der Waals surface area contributed by atoms with Gasteiger partial charge in [-0.15, -0.1) is 0 Å². The number of hydrogen-bond donors (Lipinski definition) is 2. The minimum atomic E-state index is -0.570. The van der Waals surface area contributed by atoms with Crippen molar-refractivity contribution in [2.24, 2.45) is 0 Å². The Hall–Kier alpha value is -2.87. The van der Waals surface area contributed by atoms with Crippen LogP contribution in [-0.4, -0.2) is 29.4 Å². The van der Waals surface area contributed by atoms with Gasteiger partial charge in [-0.3, -0.25) is 0 Å². The third-order valence-electron chi connectivity index (χ3n) is 4.67. The maximum atomic E-state index is 14.5. The summed E-state index contributed by atoms with van der Waals surface area (Å²) in [5.74, 6) is 0.885. The number of halogens is 2. The summed E-state index contributed by atoms with van der Waals surface area (Å²) < 4.78 is 34.6. The number of thioether (sulfide) groups is 1. The maximum absolute atomic E-state index is 14.5. The SMILES string of the molecule is CSCc1cc2cc(c1)OCCCCNc1cc(ccc1F)-c1nc(ncc1F)N2. The summed E-state index contributed by atoms with van der Waals surface area (Å²) in [7, 11) is 0. The lowest BCUT2D eigenvalue weighted by Gasteiger charge is -2.14. The number of fused-ring (bicyclic) bond motifs is 7. The molecule has 1 aromatic heterocycles. The lowest BCUT2D eigenvalue weighted by Crippen LogP contribution is -2.07. The van der Waals surface area contributed by atoms with Crippen molar-refractivity contribution in [2.75, 3.05) is 30.0 Å². The number of aromatic nitrogens is 2. The largest absolute Gasteiger partial charge is 0.494 e. The first-order valence-electron chi connectivity index (χ1n) is 9.71. The Balaban J connectivity index is 1.76. The lowest BCUT2D eigenvalue weighted by molar-refractivity contribution is 0.308. The molecule has 2 aromatic carbocycles. The lowest BCUT2D eigenvalue weighted by atomic mass is 10.1. The molecule has 1 aliphatic rings. The highest BCUT2D eigenvalue weighted by Crippen LogP contribution is 2.29. The number of nitrogens with one attached hydrogen (secondary N) is 2. The van der Waals surface area contributed by atoms with E-state index in [1.807, 2.05) is 24.5 Å². The van der Waals surface area contributed by atoms with Crippen LogP contribution in [0.15, 0.2) is 42.6 Å². The van der Waals surface area contributed by atoms with Gasteiger partial charge >= 0.3 is 0 Å². The number of ether oxygens (including phenoxy) is 1. The van der Waals surface area contributed by atoms with E-state index in [2.05, 4.69) is 20.6 Å². The van der Waals surface area contributed by atoms with Crippen LogP contribution in [0.4, 0.5) is 26.1 Å². The van der Waals surface area contributed by atoms with Crippen LogP contribution in [0.2, 0.25) is 0 Å². The molecule has 156 valence electrons. The molecule has 4 rings (SSSR count). The first kappa shape index (κ1) is 20.4. The summed E-state index contributed by atoms with van der Waals surface area (Å²) >= 11 is 1.72. The van der Waals surface area contributed by atoms with Crippen LogP contribution in [0.5, 0.6) is 5.75 Å². The van der Waals surface area contributed by atoms with Gasteiger partial charge < -0.3 is 15.4 Å². The second-order valence-electron chi connectivity index (χ2n) is 6.99. The van der Waals surface area contributed by atoms with E-state index >= 15 is 0 Å². The van der Waals surface area contributed by atoms with Crippen molar-refractivity contribution in [1.82, 2.24) is 9.97 Å². The second-order valence-corrected chi connectivity index (χ2v) is 7.86. The smallest absolute Gasteiger partial charge is 0.227 e. The topological polar surface area (TPSA) is 59.1 Å². The van der Waals surface area contributed by atoms with E-state index in [-0.39, 0.29) is 17.5 Å². The highest BCUT2D eigenvalue weighted by Gasteiger charge is 2.13. The Morgan fingerprint density at radius 2 is 2.00 bits per heavy atom. The molecule has 6 bridgehead atoms. The van der Waals surface area contributed by atoms with Crippen LogP contribution in [0.25, 0.3) is 11.3 Å². The summed E-state index contributed by atoms with van der Waals surface area (Å²) in [6.07, 6.45) is 4.79. The van der Waals surface area contributed by atoms with Gasteiger partial charge in [0, 0.05) is 29.6 Å².